The highest BCUT2D eigenvalue weighted by atomic mass is 32.1. The molecular weight excluding hydrogens is 328 g/mol. The lowest BCUT2D eigenvalue weighted by atomic mass is 9.93. The third kappa shape index (κ3) is 2.92. The van der Waals surface area contributed by atoms with Gasteiger partial charge in [-0.3, -0.25) is 0 Å². The second-order valence-corrected chi connectivity index (χ2v) is 7.71. The summed E-state index contributed by atoms with van der Waals surface area (Å²) in [5, 5.41) is 22.3. The van der Waals surface area contributed by atoms with E-state index in [9.17, 15) is 10.4 Å². The molecule has 124 valence electrons. The molecule has 4 heteroatoms. The van der Waals surface area contributed by atoms with Gasteiger partial charge in [-0.2, -0.15) is 5.26 Å². The van der Waals surface area contributed by atoms with Crippen LogP contribution in [-0.2, 0) is 12.8 Å². The number of fused-ring (bicyclic) bond motifs is 2. The van der Waals surface area contributed by atoms with E-state index in [1.807, 2.05) is 36.4 Å². The minimum Gasteiger partial charge on any atom is -0.507 e. The van der Waals surface area contributed by atoms with Crippen molar-refractivity contribution in [1.82, 2.24) is 4.98 Å². The van der Waals surface area contributed by atoms with Crippen LogP contribution in [0.1, 0.15) is 34.5 Å². The summed E-state index contributed by atoms with van der Waals surface area (Å²) >= 11 is 1.65. The number of aromatic hydroxyl groups is 1. The van der Waals surface area contributed by atoms with Crippen LogP contribution in [0.15, 0.2) is 36.4 Å². The van der Waals surface area contributed by atoms with E-state index in [1.165, 1.54) is 11.3 Å². The molecule has 3 nitrogen and oxygen atoms in total. The van der Waals surface area contributed by atoms with Gasteiger partial charge in [0.15, 0.2) is 0 Å². The van der Waals surface area contributed by atoms with Crippen LogP contribution in [-0.4, -0.2) is 10.1 Å². The fraction of sp³-hybridized carbons (Fsp3) is 0.238. The molecule has 1 aliphatic rings. The zero-order chi connectivity index (χ0) is 17.4. The molecule has 0 saturated heterocycles. The molecule has 0 radical (unpaired) electrons. The van der Waals surface area contributed by atoms with E-state index in [0.717, 1.165) is 39.9 Å². The summed E-state index contributed by atoms with van der Waals surface area (Å²) in [5.41, 5.74) is 2.67. The quantitative estimate of drug-likeness (QED) is 0.650. The number of phenols is 1. The van der Waals surface area contributed by atoms with Gasteiger partial charge >= 0.3 is 0 Å². The number of thiazole rings is 1. The number of hydrogen-bond donors (Lipinski definition) is 1. The first kappa shape index (κ1) is 15.9. The molecule has 0 amide bonds. The molecule has 0 aliphatic heterocycles. The van der Waals surface area contributed by atoms with Crippen LogP contribution in [0.2, 0.25) is 0 Å². The molecular formula is C21H18N2OS. The molecule has 1 atom stereocenters. The molecule has 4 rings (SSSR count). The van der Waals surface area contributed by atoms with E-state index >= 15 is 0 Å². The minimum atomic E-state index is 0.255. The Hall–Kier alpha value is -2.64. The third-order valence-corrected chi connectivity index (χ3v) is 5.92. The highest BCUT2D eigenvalue weighted by Gasteiger charge is 2.21. The summed E-state index contributed by atoms with van der Waals surface area (Å²) in [4.78, 5) is 6.05. The van der Waals surface area contributed by atoms with Crippen molar-refractivity contribution in [2.75, 3.05) is 0 Å². The maximum Gasteiger partial charge on any atom is 0.134 e. The van der Waals surface area contributed by atoms with E-state index in [0.29, 0.717) is 11.5 Å². The molecule has 1 aromatic heterocycles. The Bertz CT molecular complexity index is 1030. The van der Waals surface area contributed by atoms with Gasteiger partial charge in [0.2, 0.25) is 0 Å². The van der Waals surface area contributed by atoms with Crippen LogP contribution in [0.4, 0.5) is 0 Å². The van der Waals surface area contributed by atoms with Crippen molar-refractivity contribution in [2.24, 2.45) is 5.92 Å². The number of aryl methyl sites for hydroxylation is 1. The maximum absolute atomic E-state index is 10.0. The van der Waals surface area contributed by atoms with Gasteiger partial charge in [0.1, 0.15) is 16.8 Å². The Morgan fingerprint density at radius 3 is 2.88 bits per heavy atom. The Labute approximate surface area is 150 Å². The average Bonchev–Trinajstić information content (AvgIpc) is 3.04. The normalized spacial score (nSPS) is 17.3. The van der Waals surface area contributed by atoms with E-state index in [1.54, 1.807) is 17.4 Å². The van der Waals surface area contributed by atoms with Crippen LogP contribution in [0, 0.1) is 17.2 Å². The molecule has 2 aromatic carbocycles. The number of benzene rings is 2. The number of nitrogens with zero attached hydrogens (tertiary/aromatic N) is 2. The molecule has 1 heterocycles. The second kappa shape index (κ2) is 6.34. The fourth-order valence-corrected chi connectivity index (χ4v) is 4.62. The summed E-state index contributed by atoms with van der Waals surface area (Å²) in [6.07, 6.45) is 5.13. The van der Waals surface area contributed by atoms with Crippen molar-refractivity contribution in [3.63, 3.8) is 0 Å². The molecule has 0 spiro atoms. The zero-order valence-corrected chi connectivity index (χ0v) is 14.8. The summed E-state index contributed by atoms with van der Waals surface area (Å²) in [6.45, 7) is 2.27. The Kier molecular flexibility index (Phi) is 4.03. The van der Waals surface area contributed by atoms with Gasteiger partial charge in [-0.1, -0.05) is 37.3 Å². The lowest BCUT2D eigenvalue weighted by molar-refractivity contribution is 0.481. The number of rotatable bonds is 2. The smallest absolute Gasteiger partial charge is 0.134 e. The number of allylic oxidation sites excluding steroid dienone is 1. The van der Waals surface area contributed by atoms with Crippen LogP contribution >= 0.6 is 11.3 Å². The molecule has 1 N–H and O–H groups in total. The van der Waals surface area contributed by atoms with Crippen molar-refractivity contribution in [3.8, 4) is 11.8 Å². The van der Waals surface area contributed by atoms with Gasteiger partial charge < -0.3 is 5.11 Å². The average molecular weight is 346 g/mol. The topological polar surface area (TPSA) is 56.9 Å². The Morgan fingerprint density at radius 2 is 2.08 bits per heavy atom. The number of hydrogen-bond acceptors (Lipinski definition) is 4. The maximum atomic E-state index is 10.0. The van der Waals surface area contributed by atoms with Crippen LogP contribution in [0.3, 0.4) is 0 Å². The predicted molar refractivity (Wildman–Crippen MR) is 102 cm³/mol. The van der Waals surface area contributed by atoms with E-state index in [-0.39, 0.29) is 5.75 Å². The fourth-order valence-electron chi connectivity index (χ4n) is 3.38. The van der Waals surface area contributed by atoms with Crippen molar-refractivity contribution >= 4 is 33.8 Å². The first-order valence-electron chi connectivity index (χ1n) is 8.47. The van der Waals surface area contributed by atoms with Crippen LogP contribution in [0.5, 0.6) is 5.75 Å². The van der Waals surface area contributed by atoms with Crippen molar-refractivity contribution in [2.45, 2.75) is 26.2 Å². The second-order valence-electron chi connectivity index (χ2n) is 6.63. The number of aromatic nitrogens is 1. The minimum absolute atomic E-state index is 0.255. The summed E-state index contributed by atoms with van der Waals surface area (Å²) < 4.78 is 0. The third-order valence-electron chi connectivity index (χ3n) is 4.77. The van der Waals surface area contributed by atoms with Gasteiger partial charge in [0, 0.05) is 10.3 Å². The first-order valence-corrected chi connectivity index (χ1v) is 9.29. The van der Waals surface area contributed by atoms with Gasteiger partial charge in [0.05, 0.1) is 11.3 Å². The van der Waals surface area contributed by atoms with E-state index in [4.69, 9.17) is 4.98 Å². The Balaban J connectivity index is 1.80. The lowest BCUT2D eigenvalue weighted by Crippen LogP contribution is -2.09. The summed E-state index contributed by atoms with van der Waals surface area (Å²) in [5.74, 6) is 0.946. The van der Waals surface area contributed by atoms with Gasteiger partial charge in [-0.15, -0.1) is 11.3 Å². The standard InChI is InChI=1S/C21H18N2OS/c1-13-6-8-18-20(10-13)25-21(23-18)15(12-22)11-14-7-9-19(24)17-5-3-2-4-16(14)17/h2-5,7,9,11,13,24H,6,8,10H2,1H3/b15-11+. The molecule has 3 aromatic rings. The van der Waals surface area contributed by atoms with E-state index in [2.05, 4.69) is 13.0 Å². The van der Waals surface area contributed by atoms with Gasteiger partial charge in [-0.25, -0.2) is 4.98 Å². The number of nitriles is 1. The molecule has 0 saturated carbocycles. The lowest BCUT2D eigenvalue weighted by Gasteiger charge is -2.15. The molecule has 25 heavy (non-hydrogen) atoms. The van der Waals surface area contributed by atoms with Gasteiger partial charge in [-0.05, 0) is 48.3 Å². The number of phenolic OH excluding ortho intramolecular Hbond substituents is 1. The predicted octanol–water partition coefficient (Wildman–Crippen LogP) is 5.19. The Morgan fingerprint density at radius 1 is 1.28 bits per heavy atom. The van der Waals surface area contributed by atoms with Crippen molar-refractivity contribution < 1.29 is 5.11 Å². The molecule has 1 aliphatic carbocycles. The molecule has 0 bridgehead atoms. The summed E-state index contributed by atoms with van der Waals surface area (Å²) in [6, 6.07) is 13.5. The molecule has 0 fully saturated rings. The van der Waals surface area contributed by atoms with Crippen molar-refractivity contribution in [1.29, 1.82) is 5.26 Å². The van der Waals surface area contributed by atoms with Crippen molar-refractivity contribution in [3.05, 3.63) is 57.5 Å². The van der Waals surface area contributed by atoms with E-state index < -0.39 is 0 Å². The highest BCUT2D eigenvalue weighted by molar-refractivity contribution is 7.13. The SMILES string of the molecule is CC1CCc2nc(/C(C#N)=C/c3ccc(O)c4ccccc34)sc2C1. The van der Waals surface area contributed by atoms with Crippen LogP contribution < -0.4 is 0 Å². The highest BCUT2D eigenvalue weighted by Crippen LogP contribution is 2.34. The first-order chi connectivity index (χ1) is 12.2. The van der Waals surface area contributed by atoms with Gasteiger partial charge in [0.25, 0.3) is 0 Å². The van der Waals surface area contributed by atoms with Crippen LogP contribution in [0.25, 0.3) is 22.4 Å². The zero-order valence-electron chi connectivity index (χ0n) is 14.0. The summed E-state index contributed by atoms with van der Waals surface area (Å²) in [7, 11) is 0. The molecule has 1 unspecified atom stereocenters. The largest absolute Gasteiger partial charge is 0.507 e. The monoisotopic (exact) mass is 346 g/mol.